The molecule has 258 valence electrons. The molecule has 0 radical (unpaired) electrons. The number of carbonyl (C=O) groups is 2. The zero-order valence-corrected chi connectivity index (χ0v) is 30.6. The van der Waals surface area contributed by atoms with Gasteiger partial charge in [-0.1, -0.05) is 56.2 Å². The number of unbranched alkanes of at least 4 members (excludes halogenated alkanes) is 4. The van der Waals surface area contributed by atoms with Crippen molar-refractivity contribution < 1.29 is 27.1 Å². The number of ketones is 2. The standard InChI is InChI=1S/C40H52N2O5S/c1-29-21-23-35-33(27-29)39(4,5)37(41(35)25-15-9-11-17-30(2)43)19-13-8-14-20-38-40(6,7)34-28-32(48(45,46)47)22-24-36(34)42(38)26-16-10-12-18-31(3)44/h8,13-14,19-24,27-28H,9-12,15-18,25-26H2,1-7H3. The number of anilines is 1. The van der Waals surface area contributed by atoms with Crippen LogP contribution in [0.3, 0.4) is 0 Å². The van der Waals surface area contributed by atoms with Crippen molar-refractivity contribution in [2.75, 3.05) is 18.0 Å². The van der Waals surface area contributed by atoms with Crippen LogP contribution in [0.4, 0.5) is 11.4 Å². The Balaban J connectivity index is 1.61. The molecule has 0 fully saturated rings. The molecule has 0 aromatic heterocycles. The fraction of sp³-hybridized carbons (Fsp3) is 0.475. The molecule has 0 atom stereocenters. The molecule has 2 aromatic rings. The summed E-state index contributed by atoms with van der Waals surface area (Å²) in [5, 5.41) is 0. The van der Waals surface area contributed by atoms with Crippen LogP contribution < -0.4 is 4.90 Å². The third-order valence-electron chi connectivity index (χ3n) is 9.75. The van der Waals surface area contributed by atoms with Crippen LogP contribution in [0.25, 0.3) is 0 Å². The Morgan fingerprint density at radius 2 is 1.48 bits per heavy atom. The van der Waals surface area contributed by atoms with E-state index in [1.165, 1.54) is 34.6 Å². The van der Waals surface area contributed by atoms with Crippen molar-refractivity contribution in [3.05, 3.63) is 89.2 Å². The number of hydrogen-bond acceptors (Lipinski definition) is 6. The Morgan fingerprint density at radius 1 is 0.812 bits per heavy atom. The maximum atomic E-state index is 11.9. The normalized spacial score (nSPS) is 17.6. The van der Waals surface area contributed by atoms with Crippen LogP contribution in [-0.2, 0) is 30.5 Å². The third kappa shape index (κ3) is 8.50. The predicted octanol–water partition coefficient (Wildman–Crippen LogP) is 8.37. The monoisotopic (exact) mass is 672 g/mol. The van der Waals surface area contributed by atoms with Crippen molar-refractivity contribution in [3.63, 3.8) is 0 Å². The zero-order chi connectivity index (χ0) is 35.3. The van der Waals surface area contributed by atoms with Crippen molar-refractivity contribution in [3.8, 4) is 0 Å². The molecule has 0 spiro atoms. The number of hydrogen-bond donors (Lipinski definition) is 0. The fourth-order valence-electron chi connectivity index (χ4n) is 7.08. The number of nitrogens with zero attached hydrogens (tertiary/aromatic N) is 2. The molecule has 0 saturated heterocycles. The van der Waals surface area contributed by atoms with Crippen molar-refractivity contribution >= 4 is 38.8 Å². The van der Waals surface area contributed by atoms with E-state index in [1.807, 2.05) is 12.2 Å². The van der Waals surface area contributed by atoms with Gasteiger partial charge in [-0.25, -0.2) is 8.42 Å². The Hall–Kier alpha value is -3.62. The van der Waals surface area contributed by atoms with Crippen molar-refractivity contribution in [1.82, 2.24) is 0 Å². The Morgan fingerprint density at radius 3 is 2.12 bits per heavy atom. The highest BCUT2D eigenvalue weighted by Crippen LogP contribution is 2.48. The molecule has 8 heteroatoms. The molecular weight excluding hydrogens is 621 g/mol. The third-order valence-corrected chi connectivity index (χ3v) is 10.6. The summed E-state index contributed by atoms with van der Waals surface area (Å²) in [6, 6.07) is 11.4. The Labute approximate surface area is 287 Å². The number of allylic oxidation sites excluding steroid dienone is 6. The molecule has 0 aliphatic carbocycles. The van der Waals surface area contributed by atoms with Gasteiger partial charge in [0, 0.05) is 60.3 Å². The molecule has 48 heavy (non-hydrogen) atoms. The quantitative estimate of drug-likeness (QED) is 0.0769. The molecule has 0 unspecified atom stereocenters. The average Bonchev–Trinajstić information content (AvgIpc) is 3.33. The lowest BCUT2D eigenvalue weighted by atomic mass is 9.81. The van der Waals surface area contributed by atoms with Gasteiger partial charge in [-0.3, -0.25) is 0 Å². The van der Waals surface area contributed by atoms with Crippen molar-refractivity contribution in [2.45, 2.75) is 116 Å². The van der Waals surface area contributed by atoms with Gasteiger partial charge >= 0.3 is 0 Å². The smallest absolute Gasteiger partial charge is 0.209 e. The lowest BCUT2D eigenvalue weighted by Gasteiger charge is -2.27. The van der Waals surface area contributed by atoms with Crippen LogP contribution in [0.15, 0.2) is 77.4 Å². The molecule has 4 rings (SSSR count). The Bertz CT molecular complexity index is 1780. The summed E-state index contributed by atoms with van der Waals surface area (Å²) in [5.41, 5.74) is 7.09. The van der Waals surface area contributed by atoms with Crippen LogP contribution >= 0.6 is 0 Å². The molecule has 2 aromatic carbocycles. The van der Waals surface area contributed by atoms with E-state index >= 15 is 0 Å². The number of fused-ring (bicyclic) bond motifs is 2. The number of rotatable bonds is 16. The second-order valence-corrected chi connectivity index (χ2v) is 15.8. The van der Waals surface area contributed by atoms with Crippen molar-refractivity contribution in [2.24, 2.45) is 0 Å². The van der Waals surface area contributed by atoms with E-state index in [-0.39, 0.29) is 21.9 Å². The number of Topliss-reactive ketones (excluding diaryl/α,β-unsaturated/α-hetero) is 2. The first-order chi connectivity index (χ1) is 22.5. The zero-order valence-electron chi connectivity index (χ0n) is 29.8. The highest BCUT2D eigenvalue weighted by Gasteiger charge is 2.44. The van der Waals surface area contributed by atoms with E-state index in [9.17, 15) is 22.6 Å². The minimum absolute atomic E-state index is 0.169. The molecule has 2 aliphatic heterocycles. The highest BCUT2D eigenvalue weighted by atomic mass is 32.2. The number of benzene rings is 2. The van der Waals surface area contributed by atoms with Crippen LogP contribution in [0.2, 0.25) is 0 Å². The average molecular weight is 673 g/mol. The number of carbonyl (C=O) groups excluding carboxylic acids is 2. The first kappa shape index (κ1) is 37.2. The van der Waals surface area contributed by atoms with E-state index in [2.05, 4.69) is 80.5 Å². The van der Waals surface area contributed by atoms with Crippen LogP contribution in [0.5, 0.6) is 0 Å². The molecular formula is C40H52N2O5S. The van der Waals surface area contributed by atoms with E-state index in [0.717, 1.165) is 68.6 Å². The number of aryl methyl sites for hydroxylation is 1. The molecule has 0 saturated carbocycles. The van der Waals surface area contributed by atoms with Gasteiger partial charge in [-0.2, -0.15) is 4.58 Å². The van der Waals surface area contributed by atoms with Gasteiger partial charge in [0.05, 0.1) is 10.3 Å². The second kappa shape index (κ2) is 15.3. The molecule has 0 bridgehead atoms. The summed E-state index contributed by atoms with van der Waals surface area (Å²) < 4.78 is 37.9. The summed E-state index contributed by atoms with van der Waals surface area (Å²) in [4.78, 5) is 25.1. The maximum Gasteiger partial charge on any atom is 0.209 e. The van der Waals surface area contributed by atoms with Gasteiger partial charge in [-0.05, 0) is 90.1 Å². The highest BCUT2D eigenvalue weighted by molar-refractivity contribution is 7.85. The van der Waals surface area contributed by atoms with Crippen molar-refractivity contribution in [1.29, 1.82) is 0 Å². The summed E-state index contributed by atoms with van der Waals surface area (Å²) in [7, 11) is -4.59. The van der Waals surface area contributed by atoms with Gasteiger partial charge in [0.15, 0.2) is 5.71 Å². The van der Waals surface area contributed by atoms with E-state index in [0.29, 0.717) is 12.8 Å². The summed E-state index contributed by atoms with van der Waals surface area (Å²) in [5.74, 6) is 0.437. The molecule has 7 nitrogen and oxygen atoms in total. The minimum Gasteiger partial charge on any atom is -0.744 e. The molecule has 2 heterocycles. The van der Waals surface area contributed by atoms with Gasteiger partial charge < -0.3 is 19.0 Å². The van der Waals surface area contributed by atoms with Gasteiger partial charge in [0.25, 0.3) is 0 Å². The fourth-order valence-corrected chi connectivity index (χ4v) is 7.58. The predicted molar refractivity (Wildman–Crippen MR) is 193 cm³/mol. The topological polar surface area (TPSA) is 97.6 Å². The minimum atomic E-state index is -4.59. The van der Waals surface area contributed by atoms with E-state index in [4.69, 9.17) is 0 Å². The SMILES string of the molecule is CC(=O)CCCCCN1/C(=C/C=C/C=C/C2=[N+](CCCCCC(C)=O)c3ccc(S(=O)(=O)[O-])cc3C2(C)C)C(C)(C)c2cc(C)ccc21. The van der Waals surface area contributed by atoms with Crippen LogP contribution in [-0.4, -0.2) is 47.9 Å². The van der Waals surface area contributed by atoms with Gasteiger partial charge in [0.1, 0.15) is 28.2 Å². The Kier molecular flexibility index (Phi) is 11.9. The largest absolute Gasteiger partial charge is 0.744 e. The second-order valence-electron chi connectivity index (χ2n) is 14.4. The van der Waals surface area contributed by atoms with E-state index < -0.39 is 15.5 Å². The lowest BCUT2D eigenvalue weighted by molar-refractivity contribution is -0.438. The van der Waals surface area contributed by atoms with Crippen LogP contribution in [0.1, 0.15) is 110 Å². The maximum absolute atomic E-state index is 11.9. The van der Waals surface area contributed by atoms with Gasteiger partial charge in [-0.15, -0.1) is 0 Å². The summed E-state index contributed by atoms with van der Waals surface area (Å²) in [6.07, 6.45) is 17.2. The molecule has 0 N–H and O–H groups in total. The lowest BCUT2D eigenvalue weighted by Crippen LogP contribution is -2.28. The molecule has 2 aliphatic rings. The van der Waals surface area contributed by atoms with Gasteiger partial charge in [0.2, 0.25) is 5.69 Å². The summed E-state index contributed by atoms with van der Waals surface area (Å²) >= 11 is 0. The summed E-state index contributed by atoms with van der Waals surface area (Å²) in [6.45, 7) is 15.7. The first-order valence-corrected chi connectivity index (χ1v) is 18.6. The van der Waals surface area contributed by atoms with E-state index in [1.54, 1.807) is 19.9 Å². The van der Waals surface area contributed by atoms with Crippen LogP contribution in [0, 0.1) is 6.92 Å². The first-order valence-electron chi connectivity index (χ1n) is 17.2. The molecule has 0 amide bonds.